The first-order valence-electron chi connectivity index (χ1n) is 6.76. The fraction of sp³-hybridized carbons (Fsp3) is 0.500. The molecule has 0 fully saturated rings. The van der Waals surface area contributed by atoms with E-state index in [-0.39, 0.29) is 16.8 Å². The summed E-state index contributed by atoms with van der Waals surface area (Å²) < 4.78 is 5.13. The second-order valence-electron chi connectivity index (χ2n) is 5.85. The molecule has 8 heteroatoms. The number of hydrogen-bond donors (Lipinski definition) is 2. The van der Waals surface area contributed by atoms with E-state index in [1.54, 1.807) is 26.8 Å². The monoisotopic (exact) mass is 329 g/mol. The van der Waals surface area contributed by atoms with E-state index >= 15 is 0 Å². The Morgan fingerprint density at radius 2 is 2.09 bits per heavy atom. The van der Waals surface area contributed by atoms with E-state index in [1.165, 1.54) is 12.1 Å². The summed E-state index contributed by atoms with van der Waals surface area (Å²) in [4.78, 5) is 21.7. The van der Waals surface area contributed by atoms with Crippen LogP contribution in [-0.4, -0.2) is 29.2 Å². The van der Waals surface area contributed by atoms with Crippen LogP contribution in [0.3, 0.4) is 0 Å². The highest BCUT2D eigenvalue weighted by atomic mass is 35.5. The van der Waals surface area contributed by atoms with Crippen LogP contribution in [0.4, 0.5) is 16.2 Å². The number of anilines is 1. The molecule has 1 amide bonds. The topological polar surface area (TPSA) is 93.5 Å². The predicted octanol–water partition coefficient (Wildman–Crippen LogP) is 3.57. The Balaban J connectivity index is 2.52. The summed E-state index contributed by atoms with van der Waals surface area (Å²) in [6, 6.07) is 4.26. The maximum absolute atomic E-state index is 11.5. The second-order valence-corrected chi connectivity index (χ2v) is 6.26. The van der Waals surface area contributed by atoms with Gasteiger partial charge in [0, 0.05) is 24.3 Å². The molecule has 0 spiro atoms. The molecule has 1 aromatic carbocycles. The number of halogens is 1. The minimum Gasteiger partial charge on any atom is -0.444 e. The lowest BCUT2D eigenvalue weighted by molar-refractivity contribution is -0.384. The van der Waals surface area contributed by atoms with Gasteiger partial charge in [-0.2, -0.15) is 0 Å². The van der Waals surface area contributed by atoms with E-state index in [0.29, 0.717) is 12.2 Å². The highest BCUT2D eigenvalue weighted by Crippen LogP contribution is 2.27. The summed E-state index contributed by atoms with van der Waals surface area (Å²) in [6.07, 6.45) is -0.497. The molecule has 0 saturated heterocycles. The van der Waals surface area contributed by atoms with Gasteiger partial charge in [0.25, 0.3) is 5.69 Å². The fourth-order valence-corrected chi connectivity index (χ4v) is 1.88. The Morgan fingerprint density at radius 1 is 1.45 bits per heavy atom. The Morgan fingerprint density at radius 3 is 2.59 bits per heavy atom. The standard InChI is InChI=1S/C14H20ClN3O4/c1-9(8-16-13(19)22-14(2,3)4)17-10-5-6-12(18(20)21)11(15)7-10/h5-7,9,17H,8H2,1-4H3,(H,16,19). The van der Waals surface area contributed by atoms with Crippen molar-refractivity contribution < 1.29 is 14.5 Å². The van der Waals surface area contributed by atoms with Crippen LogP contribution in [0.2, 0.25) is 5.02 Å². The SMILES string of the molecule is CC(CNC(=O)OC(C)(C)C)Nc1ccc([N+](=O)[O-])c(Cl)c1. The van der Waals surface area contributed by atoms with Crippen LogP contribution in [0.15, 0.2) is 18.2 Å². The van der Waals surface area contributed by atoms with Crippen molar-refractivity contribution >= 4 is 29.1 Å². The Bertz CT molecular complexity index is 558. The number of hydrogen-bond acceptors (Lipinski definition) is 5. The number of nitro benzene ring substituents is 1. The number of rotatable bonds is 5. The molecular formula is C14H20ClN3O4. The summed E-state index contributed by atoms with van der Waals surface area (Å²) in [6.45, 7) is 7.55. The molecule has 22 heavy (non-hydrogen) atoms. The summed E-state index contributed by atoms with van der Waals surface area (Å²) in [7, 11) is 0. The maximum Gasteiger partial charge on any atom is 0.407 e. The van der Waals surface area contributed by atoms with E-state index < -0.39 is 16.6 Å². The van der Waals surface area contributed by atoms with Crippen molar-refractivity contribution in [2.24, 2.45) is 0 Å². The van der Waals surface area contributed by atoms with Gasteiger partial charge in [-0.3, -0.25) is 10.1 Å². The van der Waals surface area contributed by atoms with Gasteiger partial charge in [-0.05, 0) is 39.8 Å². The van der Waals surface area contributed by atoms with Crippen LogP contribution in [-0.2, 0) is 4.74 Å². The summed E-state index contributed by atoms with van der Waals surface area (Å²) in [5.74, 6) is 0. The number of alkyl carbamates (subject to hydrolysis) is 1. The first kappa shape index (κ1) is 18.0. The van der Waals surface area contributed by atoms with Gasteiger partial charge in [0.05, 0.1) is 4.92 Å². The van der Waals surface area contributed by atoms with E-state index in [1.807, 2.05) is 6.92 Å². The largest absolute Gasteiger partial charge is 0.444 e. The highest BCUT2D eigenvalue weighted by molar-refractivity contribution is 6.32. The first-order valence-corrected chi connectivity index (χ1v) is 7.13. The van der Waals surface area contributed by atoms with Gasteiger partial charge in [-0.15, -0.1) is 0 Å². The smallest absolute Gasteiger partial charge is 0.407 e. The minimum absolute atomic E-state index is 0.0577. The number of nitrogens with one attached hydrogen (secondary N) is 2. The van der Waals surface area contributed by atoms with Crippen LogP contribution < -0.4 is 10.6 Å². The second kappa shape index (κ2) is 7.31. The molecule has 122 valence electrons. The number of ether oxygens (including phenoxy) is 1. The van der Waals surface area contributed by atoms with Gasteiger partial charge in [0.1, 0.15) is 10.6 Å². The van der Waals surface area contributed by atoms with Crippen molar-refractivity contribution in [2.75, 3.05) is 11.9 Å². The highest BCUT2D eigenvalue weighted by Gasteiger charge is 2.17. The molecular weight excluding hydrogens is 310 g/mol. The normalized spacial score (nSPS) is 12.4. The molecule has 0 radical (unpaired) electrons. The van der Waals surface area contributed by atoms with Gasteiger partial charge in [-0.25, -0.2) is 4.79 Å². The summed E-state index contributed by atoms with van der Waals surface area (Å²) in [5, 5.41) is 16.5. The Labute approximate surface area is 134 Å². The van der Waals surface area contributed by atoms with Crippen molar-refractivity contribution in [1.29, 1.82) is 0 Å². The average molecular weight is 330 g/mol. The van der Waals surface area contributed by atoms with E-state index in [4.69, 9.17) is 16.3 Å². The molecule has 0 heterocycles. The first-order chi connectivity index (χ1) is 10.1. The van der Waals surface area contributed by atoms with Crippen LogP contribution >= 0.6 is 11.6 Å². The minimum atomic E-state index is -0.549. The Kier molecular flexibility index (Phi) is 5.99. The third kappa shape index (κ3) is 6.17. The third-order valence-electron chi connectivity index (χ3n) is 2.51. The molecule has 0 aromatic heterocycles. The van der Waals surface area contributed by atoms with Gasteiger partial charge in [0.2, 0.25) is 0 Å². The molecule has 7 nitrogen and oxygen atoms in total. The van der Waals surface area contributed by atoms with Gasteiger partial charge < -0.3 is 15.4 Å². The molecule has 1 unspecified atom stereocenters. The van der Waals surface area contributed by atoms with Gasteiger partial charge in [-0.1, -0.05) is 11.6 Å². The lowest BCUT2D eigenvalue weighted by atomic mass is 10.2. The zero-order valence-electron chi connectivity index (χ0n) is 13.0. The molecule has 0 aliphatic rings. The zero-order chi connectivity index (χ0) is 16.9. The fourth-order valence-electron chi connectivity index (χ4n) is 1.63. The van der Waals surface area contributed by atoms with Crippen LogP contribution in [0.25, 0.3) is 0 Å². The maximum atomic E-state index is 11.5. The summed E-state index contributed by atoms with van der Waals surface area (Å²) in [5.41, 5.74) is -0.0621. The van der Waals surface area contributed by atoms with Crippen molar-refractivity contribution in [3.8, 4) is 0 Å². The third-order valence-corrected chi connectivity index (χ3v) is 2.81. The van der Waals surface area contributed by atoms with E-state index in [9.17, 15) is 14.9 Å². The number of nitro groups is 1. The van der Waals surface area contributed by atoms with Gasteiger partial charge in [0.15, 0.2) is 0 Å². The average Bonchev–Trinajstić information content (AvgIpc) is 2.34. The lowest BCUT2D eigenvalue weighted by Crippen LogP contribution is -2.38. The van der Waals surface area contributed by atoms with Crippen LogP contribution in [0.5, 0.6) is 0 Å². The molecule has 0 aliphatic heterocycles. The van der Waals surface area contributed by atoms with Crippen molar-refractivity contribution in [3.63, 3.8) is 0 Å². The van der Waals surface area contributed by atoms with Crippen LogP contribution in [0.1, 0.15) is 27.7 Å². The molecule has 1 aromatic rings. The zero-order valence-corrected chi connectivity index (χ0v) is 13.7. The predicted molar refractivity (Wildman–Crippen MR) is 85.4 cm³/mol. The van der Waals surface area contributed by atoms with E-state index in [0.717, 1.165) is 0 Å². The number of amides is 1. The molecule has 1 atom stereocenters. The number of carbonyl (C=O) groups is 1. The Hall–Kier alpha value is -2.02. The van der Waals surface area contributed by atoms with E-state index in [2.05, 4.69) is 10.6 Å². The van der Waals surface area contributed by atoms with Crippen LogP contribution in [0, 0.1) is 10.1 Å². The molecule has 0 saturated carbocycles. The molecule has 0 bridgehead atoms. The van der Waals surface area contributed by atoms with Crippen molar-refractivity contribution in [1.82, 2.24) is 5.32 Å². The summed E-state index contributed by atoms with van der Waals surface area (Å²) >= 11 is 5.84. The number of benzene rings is 1. The quantitative estimate of drug-likeness (QED) is 0.636. The number of nitrogens with zero attached hydrogens (tertiary/aromatic N) is 1. The molecule has 0 aliphatic carbocycles. The molecule has 2 N–H and O–H groups in total. The molecule has 1 rings (SSSR count). The number of carbonyl (C=O) groups excluding carboxylic acids is 1. The van der Waals surface area contributed by atoms with Crippen molar-refractivity contribution in [2.45, 2.75) is 39.3 Å². The van der Waals surface area contributed by atoms with Crippen molar-refractivity contribution in [3.05, 3.63) is 33.3 Å². The van der Waals surface area contributed by atoms with Gasteiger partial charge >= 0.3 is 6.09 Å². The lowest BCUT2D eigenvalue weighted by Gasteiger charge is -2.21.